The van der Waals surface area contributed by atoms with Gasteiger partial charge in [0.05, 0.1) is 24.4 Å². The highest BCUT2D eigenvalue weighted by molar-refractivity contribution is 5.94. The Kier molecular flexibility index (Phi) is 7.03. The van der Waals surface area contributed by atoms with Crippen molar-refractivity contribution in [3.05, 3.63) is 89.9 Å². The topological polar surface area (TPSA) is 102 Å². The molecule has 0 saturated carbocycles. The second kappa shape index (κ2) is 10.5. The van der Waals surface area contributed by atoms with Crippen LogP contribution in [0.5, 0.6) is 0 Å². The molecule has 2 aromatic carbocycles. The Bertz CT molecular complexity index is 1120. The van der Waals surface area contributed by atoms with E-state index in [9.17, 15) is 9.59 Å². The van der Waals surface area contributed by atoms with E-state index >= 15 is 0 Å². The number of nitriles is 1. The number of furan rings is 1. The first kappa shape index (κ1) is 22.1. The number of rotatable bonds is 6. The van der Waals surface area contributed by atoms with Crippen LogP contribution in [0, 0.1) is 11.3 Å². The number of urea groups is 1. The quantitative estimate of drug-likeness (QED) is 0.609. The minimum atomic E-state index is -0.670. The van der Waals surface area contributed by atoms with E-state index in [0.717, 1.165) is 5.56 Å². The Balaban J connectivity index is 1.47. The summed E-state index contributed by atoms with van der Waals surface area (Å²) in [5.41, 5.74) is 2.12. The molecule has 3 aromatic rings. The van der Waals surface area contributed by atoms with E-state index in [1.165, 1.54) is 0 Å². The molecule has 1 aromatic heterocycles. The first-order valence-corrected chi connectivity index (χ1v) is 10.8. The standard InChI is InChI=1S/C25H25N5O3/c26-15-20-8-4-9-21(14-20)28-25(32)30-12-11-29(17-19-6-2-1-3-7-19)18-23(30)24(31)27-16-22-10-5-13-33-22/h1-10,13-14,23H,11-12,16-18H2,(H,27,31)(H,28,32). The molecule has 0 spiro atoms. The second-order valence-electron chi connectivity index (χ2n) is 7.85. The van der Waals surface area contributed by atoms with Gasteiger partial charge in [-0.25, -0.2) is 4.79 Å². The van der Waals surface area contributed by atoms with Gasteiger partial charge in [0.1, 0.15) is 11.8 Å². The summed E-state index contributed by atoms with van der Waals surface area (Å²) in [4.78, 5) is 29.9. The molecule has 3 amide bonds. The van der Waals surface area contributed by atoms with E-state index in [1.54, 1.807) is 47.6 Å². The predicted molar refractivity (Wildman–Crippen MR) is 123 cm³/mol. The number of nitrogens with one attached hydrogen (secondary N) is 2. The molecule has 1 fully saturated rings. The summed E-state index contributed by atoms with van der Waals surface area (Å²) in [6.07, 6.45) is 1.55. The van der Waals surface area contributed by atoms with Crippen molar-refractivity contribution in [3.63, 3.8) is 0 Å². The fraction of sp³-hybridized carbons (Fsp3) is 0.240. The van der Waals surface area contributed by atoms with Gasteiger partial charge in [0, 0.05) is 31.9 Å². The molecule has 0 bridgehead atoms. The number of carbonyl (C=O) groups is 2. The Morgan fingerprint density at radius 1 is 1.06 bits per heavy atom. The summed E-state index contributed by atoms with van der Waals surface area (Å²) >= 11 is 0. The van der Waals surface area contributed by atoms with Crippen LogP contribution in [0.1, 0.15) is 16.9 Å². The highest BCUT2D eigenvalue weighted by Crippen LogP contribution is 2.17. The Hall–Kier alpha value is -4.09. The van der Waals surface area contributed by atoms with E-state index in [-0.39, 0.29) is 18.5 Å². The third kappa shape index (κ3) is 5.79. The number of anilines is 1. The molecule has 8 heteroatoms. The lowest BCUT2D eigenvalue weighted by Gasteiger charge is -2.40. The maximum absolute atomic E-state index is 13.1. The van der Waals surface area contributed by atoms with E-state index in [1.807, 2.05) is 30.3 Å². The average Bonchev–Trinajstić information content (AvgIpc) is 3.37. The van der Waals surface area contributed by atoms with Crippen molar-refractivity contribution in [2.45, 2.75) is 19.1 Å². The zero-order valence-corrected chi connectivity index (χ0v) is 18.1. The van der Waals surface area contributed by atoms with Crippen molar-refractivity contribution in [1.29, 1.82) is 5.26 Å². The molecule has 1 saturated heterocycles. The van der Waals surface area contributed by atoms with E-state index < -0.39 is 6.04 Å². The van der Waals surface area contributed by atoms with Gasteiger partial charge in [0.25, 0.3) is 0 Å². The maximum atomic E-state index is 13.1. The zero-order chi connectivity index (χ0) is 23.0. The Labute approximate surface area is 192 Å². The van der Waals surface area contributed by atoms with Gasteiger partial charge in [-0.3, -0.25) is 9.69 Å². The molecule has 33 heavy (non-hydrogen) atoms. The minimum absolute atomic E-state index is 0.245. The van der Waals surface area contributed by atoms with Gasteiger partial charge in [-0.1, -0.05) is 36.4 Å². The van der Waals surface area contributed by atoms with Crippen LogP contribution in [0.3, 0.4) is 0 Å². The van der Waals surface area contributed by atoms with Gasteiger partial charge in [0.15, 0.2) is 0 Å². The summed E-state index contributed by atoms with van der Waals surface area (Å²) in [5, 5.41) is 14.8. The molecule has 2 heterocycles. The lowest BCUT2D eigenvalue weighted by atomic mass is 10.1. The minimum Gasteiger partial charge on any atom is -0.467 e. The summed E-state index contributed by atoms with van der Waals surface area (Å²) in [6.45, 7) is 2.39. The molecule has 8 nitrogen and oxygen atoms in total. The van der Waals surface area contributed by atoms with Crippen LogP contribution in [0.25, 0.3) is 0 Å². The molecule has 0 radical (unpaired) electrons. The van der Waals surface area contributed by atoms with Gasteiger partial charge < -0.3 is 20.0 Å². The number of nitrogens with zero attached hydrogens (tertiary/aromatic N) is 3. The first-order chi connectivity index (χ1) is 16.1. The van der Waals surface area contributed by atoms with Gasteiger partial charge in [-0.2, -0.15) is 5.26 Å². The van der Waals surface area contributed by atoms with E-state index in [2.05, 4.69) is 21.6 Å². The SMILES string of the molecule is N#Cc1cccc(NC(=O)N2CCN(Cc3ccccc3)CC2C(=O)NCc2ccco2)c1. The third-order valence-corrected chi connectivity index (χ3v) is 5.54. The maximum Gasteiger partial charge on any atom is 0.322 e. The summed E-state index contributed by atoms with van der Waals surface area (Å²) in [7, 11) is 0. The normalized spacial score (nSPS) is 16.1. The molecule has 2 N–H and O–H groups in total. The number of hydrogen-bond acceptors (Lipinski definition) is 5. The zero-order valence-electron chi connectivity index (χ0n) is 18.1. The lowest BCUT2D eigenvalue weighted by molar-refractivity contribution is -0.127. The van der Waals surface area contributed by atoms with Crippen LogP contribution in [0.2, 0.25) is 0 Å². The molecule has 1 unspecified atom stereocenters. The largest absolute Gasteiger partial charge is 0.467 e. The fourth-order valence-corrected chi connectivity index (χ4v) is 3.86. The van der Waals surface area contributed by atoms with Crippen LogP contribution < -0.4 is 10.6 Å². The third-order valence-electron chi connectivity index (χ3n) is 5.54. The van der Waals surface area contributed by atoms with E-state index in [0.29, 0.717) is 43.2 Å². The van der Waals surface area contributed by atoms with Crippen LogP contribution in [0.4, 0.5) is 10.5 Å². The summed E-state index contributed by atoms with van der Waals surface area (Å²) in [5.74, 6) is 0.398. The van der Waals surface area contributed by atoms with Crippen LogP contribution in [0.15, 0.2) is 77.4 Å². The van der Waals surface area contributed by atoms with Crippen LogP contribution >= 0.6 is 0 Å². The monoisotopic (exact) mass is 443 g/mol. The van der Waals surface area contributed by atoms with Crippen LogP contribution in [-0.4, -0.2) is 47.4 Å². The van der Waals surface area contributed by atoms with Crippen molar-refractivity contribution < 1.29 is 14.0 Å². The molecule has 168 valence electrons. The molecule has 1 aliphatic rings. The molecule has 0 aliphatic carbocycles. The van der Waals surface area contributed by atoms with Crippen molar-refractivity contribution >= 4 is 17.6 Å². The number of benzene rings is 2. The van der Waals surface area contributed by atoms with Crippen molar-refractivity contribution in [1.82, 2.24) is 15.1 Å². The Morgan fingerprint density at radius 3 is 2.67 bits per heavy atom. The smallest absolute Gasteiger partial charge is 0.322 e. The number of amides is 3. The number of carbonyl (C=O) groups excluding carboxylic acids is 2. The number of hydrogen-bond donors (Lipinski definition) is 2. The average molecular weight is 444 g/mol. The number of piperazine rings is 1. The Morgan fingerprint density at radius 2 is 1.91 bits per heavy atom. The molecular formula is C25H25N5O3. The van der Waals surface area contributed by atoms with Crippen LogP contribution in [-0.2, 0) is 17.9 Å². The summed E-state index contributed by atoms with van der Waals surface area (Å²) < 4.78 is 5.30. The van der Waals surface area contributed by atoms with Crippen molar-refractivity contribution in [3.8, 4) is 6.07 Å². The van der Waals surface area contributed by atoms with Gasteiger partial charge in [-0.15, -0.1) is 0 Å². The molecule has 4 rings (SSSR count). The molecular weight excluding hydrogens is 418 g/mol. The van der Waals surface area contributed by atoms with Crippen molar-refractivity contribution in [2.24, 2.45) is 0 Å². The highest BCUT2D eigenvalue weighted by Gasteiger charge is 2.35. The lowest BCUT2D eigenvalue weighted by Crippen LogP contribution is -2.61. The fourth-order valence-electron chi connectivity index (χ4n) is 3.86. The second-order valence-corrected chi connectivity index (χ2v) is 7.85. The van der Waals surface area contributed by atoms with Gasteiger partial charge in [0.2, 0.25) is 5.91 Å². The van der Waals surface area contributed by atoms with Crippen molar-refractivity contribution in [2.75, 3.05) is 25.0 Å². The van der Waals surface area contributed by atoms with Gasteiger partial charge in [-0.05, 0) is 35.9 Å². The molecule has 1 atom stereocenters. The predicted octanol–water partition coefficient (Wildman–Crippen LogP) is 3.19. The van der Waals surface area contributed by atoms with Gasteiger partial charge >= 0.3 is 6.03 Å². The molecule has 1 aliphatic heterocycles. The first-order valence-electron chi connectivity index (χ1n) is 10.8. The van der Waals surface area contributed by atoms with E-state index in [4.69, 9.17) is 9.68 Å². The highest BCUT2D eigenvalue weighted by atomic mass is 16.3. The summed E-state index contributed by atoms with van der Waals surface area (Å²) in [6, 6.07) is 21.3.